The van der Waals surface area contributed by atoms with Gasteiger partial charge in [0.15, 0.2) is 0 Å². The minimum atomic E-state index is 0.0673. The Morgan fingerprint density at radius 2 is 1.95 bits per heavy atom. The first kappa shape index (κ1) is 13.4. The number of hydrogen-bond donors (Lipinski definition) is 0. The van der Waals surface area contributed by atoms with Crippen molar-refractivity contribution in [3.8, 4) is 0 Å². The van der Waals surface area contributed by atoms with Gasteiger partial charge in [0.1, 0.15) is 0 Å². The van der Waals surface area contributed by atoms with Crippen LogP contribution in [-0.2, 0) is 6.42 Å². The maximum Gasteiger partial charge on any atom is 0.0637 e. The Morgan fingerprint density at radius 3 is 2.74 bits per heavy atom. The van der Waals surface area contributed by atoms with E-state index in [9.17, 15) is 0 Å². The van der Waals surface area contributed by atoms with Crippen molar-refractivity contribution in [3.63, 3.8) is 0 Å². The fourth-order valence-electron chi connectivity index (χ4n) is 2.38. The first-order chi connectivity index (χ1) is 9.17. The number of hydrogen-bond acceptors (Lipinski definition) is 2. The number of rotatable bonds is 1. The molecule has 1 heterocycles. The monoisotopic (exact) mass is 306 g/mol. The Labute approximate surface area is 127 Å². The van der Waals surface area contributed by atoms with Crippen LogP contribution in [0.15, 0.2) is 51.1 Å². The summed E-state index contributed by atoms with van der Waals surface area (Å²) >= 11 is 10.2. The molecule has 0 aromatic heterocycles. The van der Waals surface area contributed by atoms with Crippen LogP contribution in [0.25, 0.3) is 0 Å². The molecule has 0 amide bonds. The number of aryl methyl sites for hydroxylation is 1. The molecule has 0 radical (unpaired) electrons. The molecular formula is C16H15ClS2. The van der Waals surface area contributed by atoms with Gasteiger partial charge in [0.2, 0.25) is 0 Å². The van der Waals surface area contributed by atoms with E-state index in [1.807, 2.05) is 11.8 Å². The maximum atomic E-state index is 6.64. The van der Waals surface area contributed by atoms with Crippen molar-refractivity contribution in [3.05, 3.63) is 53.1 Å². The van der Waals surface area contributed by atoms with Crippen molar-refractivity contribution in [1.82, 2.24) is 0 Å². The summed E-state index contributed by atoms with van der Waals surface area (Å²) in [7, 11) is 0. The minimum absolute atomic E-state index is 0.0673. The van der Waals surface area contributed by atoms with Crippen LogP contribution in [0, 0.1) is 6.92 Å². The molecule has 0 nitrogen and oxygen atoms in total. The highest BCUT2D eigenvalue weighted by molar-refractivity contribution is 7.99. The number of alkyl halides is 1. The van der Waals surface area contributed by atoms with Crippen LogP contribution < -0.4 is 0 Å². The highest BCUT2D eigenvalue weighted by atomic mass is 35.5. The lowest BCUT2D eigenvalue weighted by Crippen LogP contribution is -1.96. The summed E-state index contributed by atoms with van der Waals surface area (Å²) in [6.07, 6.45) is 3.02. The van der Waals surface area contributed by atoms with Crippen LogP contribution in [0.3, 0.4) is 0 Å². The quantitative estimate of drug-likeness (QED) is 0.489. The van der Waals surface area contributed by atoms with E-state index >= 15 is 0 Å². The molecule has 0 N–H and O–H groups in total. The molecule has 98 valence electrons. The van der Waals surface area contributed by atoms with Crippen LogP contribution in [0.4, 0.5) is 0 Å². The first-order valence-electron chi connectivity index (χ1n) is 6.27. The van der Waals surface area contributed by atoms with Crippen molar-refractivity contribution >= 4 is 35.1 Å². The first-order valence-corrected chi connectivity index (χ1v) is 8.74. The van der Waals surface area contributed by atoms with E-state index in [0.717, 1.165) is 6.42 Å². The lowest BCUT2D eigenvalue weighted by Gasteiger charge is -2.11. The SMILES string of the molecule is CSc1ccc2c(c1)C(Cl)Cc1cc(C)ccc1S2. The van der Waals surface area contributed by atoms with Gasteiger partial charge in [-0.25, -0.2) is 0 Å². The predicted molar refractivity (Wildman–Crippen MR) is 85.8 cm³/mol. The molecule has 3 heteroatoms. The lowest BCUT2D eigenvalue weighted by molar-refractivity contribution is 0.884. The van der Waals surface area contributed by atoms with Crippen LogP contribution >= 0.6 is 35.1 Å². The summed E-state index contributed by atoms with van der Waals surface area (Å²) in [6.45, 7) is 2.14. The zero-order chi connectivity index (χ0) is 13.4. The second-order valence-corrected chi connectivity index (χ2v) is 7.28. The van der Waals surface area contributed by atoms with Gasteiger partial charge in [-0.1, -0.05) is 29.5 Å². The topological polar surface area (TPSA) is 0 Å². The van der Waals surface area contributed by atoms with Crippen LogP contribution in [-0.4, -0.2) is 6.26 Å². The maximum absolute atomic E-state index is 6.64. The third kappa shape index (κ3) is 2.67. The Morgan fingerprint density at radius 1 is 1.16 bits per heavy atom. The summed E-state index contributed by atoms with van der Waals surface area (Å²) < 4.78 is 0. The van der Waals surface area contributed by atoms with E-state index < -0.39 is 0 Å². The zero-order valence-corrected chi connectivity index (χ0v) is 13.3. The fourth-order valence-corrected chi connectivity index (χ4v) is 4.34. The molecular weight excluding hydrogens is 292 g/mol. The van der Waals surface area contributed by atoms with E-state index in [0.29, 0.717) is 0 Å². The van der Waals surface area contributed by atoms with Gasteiger partial charge >= 0.3 is 0 Å². The van der Waals surface area contributed by atoms with Crippen molar-refractivity contribution in [2.45, 2.75) is 33.4 Å². The summed E-state index contributed by atoms with van der Waals surface area (Å²) in [4.78, 5) is 3.92. The third-order valence-corrected chi connectivity index (χ3v) is 5.71. The number of fused-ring (bicyclic) bond motifs is 2. The van der Waals surface area contributed by atoms with Crippen molar-refractivity contribution in [2.24, 2.45) is 0 Å². The molecule has 1 atom stereocenters. The van der Waals surface area contributed by atoms with E-state index in [1.54, 1.807) is 11.8 Å². The highest BCUT2D eigenvalue weighted by Crippen LogP contribution is 2.44. The zero-order valence-electron chi connectivity index (χ0n) is 10.9. The van der Waals surface area contributed by atoms with Gasteiger partial charge in [-0.15, -0.1) is 23.4 Å². The third-order valence-electron chi connectivity index (χ3n) is 3.39. The van der Waals surface area contributed by atoms with Crippen molar-refractivity contribution < 1.29 is 0 Å². The molecule has 3 rings (SSSR count). The molecule has 0 saturated heterocycles. The normalized spacial score (nSPS) is 17.5. The molecule has 0 aliphatic carbocycles. The second-order valence-electron chi connectivity index (χ2n) is 4.79. The predicted octanol–water partition coefficient (Wildman–Crippen LogP) is 5.70. The van der Waals surface area contributed by atoms with Crippen LogP contribution in [0.2, 0.25) is 0 Å². The Hall–Kier alpha value is -0.570. The van der Waals surface area contributed by atoms with Gasteiger partial charge in [0, 0.05) is 14.7 Å². The smallest absolute Gasteiger partial charge is 0.0637 e. The van der Waals surface area contributed by atoms with Crippen molar-refractivity contribution in [1.29, 1.82) is 0 Å². The summed E-state index contributed by atoms with van der Waals surface area (Å²) in [6, 6.07) is 13.3. The van der Waals surface area contributed by atoms with Gasteiger partial charge < -0.3 is 0 Å². The average molecular weight is 307 g/mol. The van der Waals surface area contributed by atoms with E-state index in [1.165, 1.54) is 31.4 Å². The molecule has 19 heavy (non-hydrogen) atoms. The lowest BCUT2D eigenvalue weighted by atomic mass is 10.0. The van der Waals surface area contributed by atoms with Gasteiger partial charge in [-0.05, 0) is 55.0 Å². The highest BCUT2D eigenvalue weighted by Gasteiger charge is 2.21. The summed E-state index contributed by atoms with van der Waals surface area (Å²) in [5, 5.41) is 0.0673. The molecule has 1 aliphatic heterocycles. The molecule has 0 bridgehead atoms. The molecule has 1 unspecified atom stereocenters. The van der Waals surface area contributed by atoms with E-state index in [2.05, 4.69) is 49.6 Å². The summed E-state index contributed by atoms with van der Waals surface area (Å²) in [5.41, 5.74) is 3.94. The number of thioether (sulfide) groups is 1. The van der Waals surface area contributed by atoms with Gasteiger partial charge in [-0.2, -0.15) is 0 Å². The second kappa shape index (κ2) is 5.43. The molecule has 0 fully saturated rings. The van der Waals surface area contributed by atoms with Gasteiger partial charge in [0.05, 0.1) is 5.38 Å². The molecule has 0 spiro atoms. The molecule has 2 aromatic rings. The minimum Gasteiger partial charge on any atom is -0.130 e. The Balaban J connectivity index is 2.09. The Bertz CT molecular complexity index is 622. The number of halogens is 1. The van der Waals surface area contributed by atoms with Gasteiger partial charge in [-0.3, -0.25) is 0 Å². The standard InChI is InChI=1S/C16H15ClS2/c1-10-3-5-15-11(7-10)8-14(17)13-9-12(18-2)4-6-16(13)19-15/h3-7,9,14H,8H2,1-2H3. The number of benzene rings is 2. The van der Waals surface area contributed by atoms with Gasteiger partial charge in [0.25, 0.3) is 0 Å². The summed E-state index contributed by atoms with van der Waals surface area (Å²) in [5.74, 6) is 0. The Kier molecular flexibility index (Phi) is 3.84. The van der Waals surface area contributed by atoms with E-state index in [4.69, 9.17) is 11.6 Å². The van der Waals surface area contributed by atoms with E-state index in [-0.39, 0.29) is 5.38 Å². The largest absolute Gasteiger partial charge is 0.130 e. The average Bonchev–Trinajstić information content (AvgIpc) is 2.54. The molecule has 0 saturated carbocycles. The molecule has 2 aromatic carbocycles. The fraction of sp³-hybridized carbons (Fsp3) is 0.250. The van der Waals surface area contributed by atoms with Crippen molar-refractivity contribution in [2.75, 3.05) is 6.26 Å². The molecule has 1 aliphatic rings. The van der Waals surface area contributed by atoms with Crippen LogP contribution in [0.1, 0.15) is 22.1 Å². The van der Waals surface area contributed by atoms with Crippen LogP contribution in [0.5, 0.6) is 0 Å².